The molecule has 0 spiro atoms. The van der Waals surface area contributed by atoms with E-state index in [1.165, 1.54) is 11.1 Å². The summed E-state index contributed by atoms with van der Waals surface area (Å²) in [5.41, 5.74) is 8.17. The van der Waals surface area contributed by atoms with Crippen LogP contribution in [0.5, 0.6) is 5.75 Å². The summed E-state index contributed by atoms with van der Waals surface area (Å²) in [4.78, 5) is 9.91. The van der Waals surface area contributed by atoms with Gasteiger partial charge in [0.05, 0.1) is 22.6 Å². The predicted octanol–water partition coefficient (Wildman–Crippen LogP) is 9.37. The summed E-state index contributed by atoms with van der Waals surface area (Å²) in [5, 5.41) is 13.2. The van der Waals surface area contributed by atoms with Crippen molar-refractivity contribution in [2.75, 3.05) is 0 Å². The van der Waals surface area contributed by atoms with Gasteiger partial charge in [-0.3, -0.25) is 9.55 Å². The topological polar surface area (TPSA) is 50.9 Å². The van der Waals surface area contributed by atoms with E-state index in [0.29, 0.717) is 17.4 Å². The van der Waals surface area contributed by atoms with Crippen LogP contribution >= 0.6 is 0 Å². The van der Waals surface area contributed by atoms with Crippen LogP contribution in [0.2, 0.25) is 0 Å². The fourth-order valence-electron chi connectivity index (χ4n) is 5.51. The van der Waals surface area contributed by atoms with Crippen LogP contribution in [0.15, 0.2) is 109 Å². The molecule has 0 aliphatic rings. The first-order valence-corrected chi connectivity index (χ1v) is 13.9. The third kappa shape index (κ3) is 4.56. The van der Waals surface area contributed by atoms with Gasteiger partial charge in [0.25, 0.3) is 0 Å². The highest BCUT2D eigenvalue weighted by Crippen LogP contribution is 2.38. The van der Waals surface area contributed by atoms with E-state index in [1.807, 2.05) is 30.5 Å². The molecule has 0 unspecified atom stereocenters. The third-order valence-corrected chi connectivity index (χ3v) is 7.54. The predicted molar refractivity (Wildman–Crippen MR) is 165 cm³/mol. The molecule has 0 aliphatic carbocycles. The molecular formula is C36H33N3O. The van der Waals surface area contributed by atoms with Gasteiger partial charge in [0.15, 0.2) is 0 Å². The van der Waals surface area contributed by atoms with Crippen molar-refractivity contribution in [3.63, 3.8) is 0 Å². The summed E-state index contributed by atoms with van der Waals surface area (Å²) in [5.74, 6) is 1.56. The van der Waals surface area contributed by atoms with E-state index in [2.05, 4.69) is 105 Å². The molecule has 4 aromatic carbocycles. The number of aromatic hydroxyl groups is 1. The quantitative estimate of drug-likeness (QED) is 0.237. The number of nitrogens with zero attached hydrogens (tertiary/aromatic N) is 3. The second-order valence-electron chi connectivity index (χ2n) is 10.9. The second kappa shape index (κ2) is 10.5. The molecule has 2 aromatic heterocycles. The van der Waals surface area contributed by atoms with Crippen LogP contribution in [-0.4, -0.2) is 19.6 Å². The summed E-state index contributed by atoms with van der Waals surface area (Å²) in [7, 11) is 0. The normalized spacial score (nSPS) is 11.6. The molecule has 198 valence electrons. The Labute approximate surface area is 235 Å². The van der Waals surface area contributed by atoms with Crippen molar-refractivity contribution in [2.24, 2.45) is 0 Å². The van der Waals surface area contributed by atoms with Crippen molar-refractivity contribution in [2.45, 2.75) is 39.5 Å². The van der Waals surface area contributed by atoms with E-state index in [-0.39, 0.29) is 5.75 Å². The number of fused-ring (bicyclic) bond motifs is 1. The Hall–Kier alpha value is -4.70. The Morgan fingerprint density at radius 3 is 2.12 bits per heavy atom. The van der Waals surface area contributed by atoms with Gasteiger partial charge in [-0.05, 0) is 52.6 Å². The number of aromatic nitrogens is 3. The van der Waals surface area contributed by atoms with Gasteiger partial charge in [0.2, 0.25) is 0 Å². The molecule has 0 radical (unpaired) electrons. The van der Waals surface area contributed by atoms with Crippen molar-refractivity contribution in [3.05, 3.63) is 121 Å². The van der Waals surface area contributed by atoms with Gasteiger partial charge in [-0.2, -0.15) is 0 Å². The molecular weight excluding hydrogens is 490 g/mol. The smallest absolute Gasteiger partial charge is 0.148 e. The fraction of sp³-hybridized carbons (Fsp3) is 0.167. The first-order chi connectivity index (χ1) is 19.4. The standard InChI is InChI=1S/C36H33N3O/c1-23(2)28-16-10-17-29(24(3)4)35(28)39-22-32(38-36(39)31-15-7-8-18-33(31)40)26-12-9-13-27(21-26)34-30-14-6-5-11-25(30)19-20-37-34/h5-24,40H,1-4H3. The van der Waals surface area contributed by atoms with Gasteiger partial charge < -0.3 is 5.11 Å². The fourth-order valence-corrected chi connectivity index (χ4v) is 5.51. The van der Waals surface area contributed by atoms with Crippen LogP contribution < -0.4 is 0 Å². The summed E-state index contributed by atoms with van der Waals surface area (Å²) in [6, 6.07) is 32.8. The van der Waals surface area contributed by atoms with Gasteiger partial charge in [-0.1, -0.05) is 100 Å². The zero-order chi connectivity index (χ0) is 27.8. The number of benzene rings is 4. The van der Waals surface area contributed by atoms with Gasteiger partial charge in [-0.15, -0.1) is 0 Å². The summed E-state index contributed by atoms with van der Waals surface area (Å²) in [6.45, 7) is 8.89. The number of para-hydroxylation sites is 2. The van der Waals surface area contributed by atoms with E-state index >= 15 is 0 Å². The van der Waals surface area contributed by atoms with Crippen molar-refractivity contribution in [1.82, 2.24) is 14.5 Å². The van der Waals surface area contributed by atoms with Crippen LogP contribution in [0.1, 0.15) is 50.7 Å². The lowest BCUT2D eigenvalue weighted by Crippen LogP contribution is -2.07. The summed E-state index contributed by atoms with van der Waals surface area (Å²) < 4.78 is 2.18. The summed E-state index contributed by atoms with van der Waals surface area (Å²) in [6.07, 6.45) is 3.98. The molecule has 4 nitrogen and oxygen atoms in total. The highest BCUT2D eigenvalue weighted by Gasteiger charge is 2.22. The molecule has 2 heterocycles. The zero-order valence-electron chi connectivity index (χ0n) is 23.3. The van der Waals surface area contributed by atoms with Crippen molar-refractivity contribution < 1.29 is 5.11 Å². The van der Waals surface area contributed by atoms with Gasteiger partial charge >= 0.3 is 0 Å². The summed E-state index contributed by atoms with van der Waals surface area (Å²) >= 11 is 0. The van der Waals surface area contributed by atoms with Crippen LogP contribution in [0.3, 0.4) is 0 Å². The molecule has 0 saturated heterocycles. The molecule has 6 rings (SSSR count). The highest BCUT2D eigenvalue weighted by atomic mass is 16.3. The zero-order valence-corrected chi connectivity index (χ0v) is 23.3. The number of phenols is 1. The average molecular weight is 524 g/mol. The Kier molecular flexibility index (Phi) is 6.69. The number of phenolic OH excluding ortho intramolecular Hbond substituents is 1. The molecule has 0 bridgehead atoms. The highest BCUT2D eigenvalue weighted by molar-refractivity contribution is 5.95. The lowest BCUT2D eigenvalue weighted by molar-refractivity contribution is 0.477. The number of imidazole rings is 1. The van der Waals surface area contributed by atoms with Gasteiger partial charge in [-0.25, -0.2) is 4.98 Å². The average Bonchev–Trinajstić information content (AvgIpc) is 3.41. The molecule has 0 aliphatic heterocycles. The Bertz CT molecular complexity index is 1800. The Balaban J connectivity index is 1.59. The third-order valence-electron chi connectivity index (χ3n) is 7.54. The molecule has 40 heavy (non-hydrogen) atoms. The molecule has 4 heteroatoms. The number of hydrogen-bond donors (Lipinski definition) is 1. The largest absolute Gasteiger partial charge is 0.507 e. The van der Waals surface area contributed by atoms with Gasteiger partial charge in [0, 0.05) is 28.9 Å². The molecule has 6 aromatic rings. The lowest BCUT2D eigenvalue weighted by atomic mass is 9.92. The SMILES string of the molecule is CC(C)c1cccc(C(C)C)c1-n1cc(-c2cccc(-c3nccc4ccccc34)c2)nc1-c1ccccc1O. The first kappa shape index (κ1) is 25.6. The number of pyridine rings is 1. The molecule has 0 amide bonds. The molecule has 1 N–H and O–H groups in total. The van der Waals surface area contributed by atoms with Crippen molar-refractivity contribution in [1.29, 1.82) is 0 Å². The van der Waals surface area contributed by atoms with Gasteiger partial charge in [0.1, 0.15) is 11.6 Å². The lowest BCUT2D eigenvalue weighted by Gasteiger charge is -2.22. The van der Waals surface area contributed by atoms with E-state index < -0.39 is 0 Å². The number of rotatable bonds is 6. The minimum Gasteiger partial charge on any atom is -0.507 e. The van der Waals surface area contributed by atoms with Crippen LogP contribution in [-0.2, 0) is 0 Å². The maximum Gasteiger partial charge on any atom is 0.148 e. The first-order valence-electron chi connectivity index (χ1n) is 13.9. The van der Waals surface area contributed by atoms with Crippen molar-refractivity contribution in [3.8, 4) is 45.3 Å². The van der Waals surface area contributed by atoms with Crippen molar-refractivity contribution >= 4 is 10.8 Å². The molecule has 0 saturated carbocycles. The van der Waals surface area contributed by atoms with Crippen LogP contribution in [0, 0.1) is 0 Å². The second-order valence-corrected chi connectivity index (χ2v) is 10.9. The van der Waals surface area contributed by atoms with Crippen LogP contribution in [0.4, 0.5) is 0 Å². The number of hydrogen-bond acceptors (Lipinski definition) is 3. The van der Waals surface area contributed by atoms with E-state index in [1.54, 1.807) is 6.07 Å². The monoisotopic (exact) mass is 523 g/mol. The minimum absolute atomic E-state index is 0.211. The Morgan fingerprint density at radius 1 is 0.700 bits per heavy atom. The molecule has 0 atom stereocenters. The minimum atomic E-state index is 0.211. The van der Waals surface area contributed by atoms with E-state index in [9.17, 15) is 5.11 Å². The van der Waals surface area contributed by atoms with E-state index in [0.717, 1.165) is 44.8 Å². The maximum atomic E-state index is 10.9. The van der Waals surface area contributed by atoms with E-state index in [4.69, 9.17) is 9.97 Å². The van der Waals surface area contributed by atoms with Crippen LogP contribution in [0.25, 0.3) is 50.4 Å². The Morgan fingerprint density at radius 2 is 1.38 bits per heavy atom. The molecule has 0 fully saturated rings. The maximum absolute atomic E-state index is 10.9.